The van der Waals surface area contributed by atoms with Gasteiger partial charge in [-0.15, -0.1) is 0 Å². The number of pyridine rings is 1. The topological polar surface area (TPSA) is 79.9 Å². The Bertz CT molecular complexity index is 350. The van der Waals surface area contributed by atoms with E-state index >= 15 is 0 Å². The third kappa shape index (κ3) is 3.49. The molecule has 0 saturated heterocycles. The summed E-state index contributed by atoms with van der Waals surface area (Å²) >= 11 is 5.56. The highest BCUT2D eigenvalue weighted by molar-refractivity contribution is 6.29. The van der Waals surface area contributed by atoms with E-state index < -0.39 is 11.5 Å². The van der Waals surface area contributed by atoms with E-state index in [9.17, 15) is 10.1 Å². The lowest BCUT2D eigenvalue weighted by atomic mass is 10.1. The lowest BCUT2D eigenvalue weighted by Crippen LogP contribution is -2.15. The van der Waals surface area contributed by atoms with Gasteiger partial charge in [-0.25, -0.2) is 4.98 Å². The zero-order valence-corrected chi connectivity index (χ0v) is 7.99. The van der Waals surface area contributed by atoms with Crippen LogP contribution in [0.1, 0.15) is 5.56 Å². The molecule has 0 saturated carbocycles. The van der Waals surface area contributed by atoms with Crippen LogP contribution in [0.25, 0.3) is 0 Å². The molecule has 0 unspecified atom stereocenters. The Morgan fingerprint density at radius 2 is 2.36 bits per heavy atom. The SMILES string of the molecule is N=C(Cc1ccc(Cl)nc1)C[N+](=O)[O-]. The van der Waals surface area contributed by atoms with E-state index in [2.05, 4.69) is 4.98 Å². The van der Waals surface area contributed by atoms with E-state index in [0.29, 0.717) is 5.15 Å². The molecule has 0 aliphatic heterocycles. The molecule has 14 heavy (non-hydrogen) atoms. The summed E-state index contributed by atoms with van der Waals surface area (Å²) in [5.41, 5.74) is 0.806. The van der Waals surface area contributed by atoms with Crippen LogP contribution in [-0.4, -0.2) is 22.2 Å². The number of hydrogen-bond acceptors (Lipinski definition) is 4. The standard InChI is InChI=1S/C8H8ClN3O2/c9-8-2-1-6(4-11-8)3-7(10)5-12(13)14/h1-2,4,10H,3,5H2. The van der Waals surface area contributed by atoms with Crippen LogP contribution in [0.5, 0.6) is 0 Å². The Morgan fingerprint density at radius 3 is 2.86 bits per heavy atom. The summed E-state index contributed by atoms with van der Waals surface area (Å²) in [6.45, 7) is -0.428. The van der Waals surface area contributed by atoms with Crippen molar-refractivity contribution >= 4 is 17.3 Å². The minimum atomic E-state index is -0.522. The number of nitro groups is 1. The van der Waals surface area contributed by atoms with Gasteiger partial charge in [0.15, 0.2) is 0 Å². The highest BCUT2D eigenvalue weighted by atomic mass is 35.5. The van der Waals surface area contributed by atoms with Crippen LogP contribution < -0.4 is 0 Å². The predicted molar refractivity (Wildman–Crippen MR) is 52.5 cm³/mol. The zero-order chi connectivity index (χ0) is 10.6. The first-order chi connectivity index (χ1) is 6.58. The van der Waals surface area contributed by atoms with Gasteiger partial charge in [0.1, 0.15) is 5.15 Å². The predicted octanol–water partition coefficient (Wildman–Crippen LogP) is 1.57. The van der Waals surface area contributed by atoms with Crippen molar-refractivity contribution in [2.75, 3.05) is 6.54 Å². The van der Waals surface area contributed by atoms with Gasteiger partial charge in [-0.3, -0.25) is 10.1 Å². The zero-order valence-electron chi connectivity index (χ0n) is 7.24. The third-order valence-corrected chi connectivity index (χ3v) is 1.75. The Hall–Kier alpha value is -1.49. The number of hydrogen-bond donors (Lipinski definition) is 1. The monoisotopic (exact) mass is 213 g/mol. The summed E-state index contributed by atoms with van der Waals surface area (Å²) in [5.74, 6) is 0. The summed E-state index contributed by atoms with van der Waals surface area (Å²) < 4.78 is 0. The molecule has 0 spiro atoms. The first-order valence-corrected chi connectivity index (χ1v) is 4.24. The average molecular weight is 214 g/mol. The molecule has 6 heteroatoms. The van der Waals surface area contributed by atoms with Gasteiger partial charge in [0.25, 0.3) is 0 Å². The molecule has 0 atom stereocenters. The van der Waals surface area contributed by atoms with Crippen LogP contribution in [-0.2, 0) is 6.42 Å². The minimum absolute atomic E-state index is 0.0547. The summed E-state index contributed by atoms with van der Waals surface area (Å²) in [7, 11) is 0. The normalized spacial score (nSPS) is 9.79. The highest BCUT2D eigenvalue weighted by Gasteiger charge is 2.06. The van der Waals surface area contributed by atoms with E-state index in [1.165, 1.54) is 6.20 Å². The molecule has 1 rings (SSSR count). The highest BCUT2D eigenvalue weighted by Crippen LogP contribution is 2.06. The van der Waals surface area contributed by atoms with Gasteiger partial charge in [0, 0.05) is 17.5 Å². The maximum absolute atomic E-state index is 10.1. The maximum Gasteiger partial charge on any atom is 0.241 e. The smallest absolute Gasteiger partial charge is 0.241 e. The molecular formula is C8H8ClN3O2. The fourth-order valence-electron chi connectivity index (χ4n) is 0.969. The summed E-state index contributed by atoms with van der Waals surface area (Å²) in [4.78, 5) is 13.4. The van der Waals surface area contributed by atoms with Crippen LogP contribution in [0.3, 0.4) is 0 Å². The molecule has 1 N–H and O–H groups in total. The van der Waals surface area contributed by atoms with Gasteiger partial charge in [-0.05, 0) is 11.6 Å². The van der Waals surface area contributed by atoms with Crippen LogP contribution >= 0.6 is 11.6 Å². The first-order valence-electron chi connectivity index (χ1n) is 3.86. The van der Waals surface area contributed by atoms with Gasteiger partial charge in [-0.2, -0.15) is 0 Å². The second kappa shape index (κ2) is 4.66. The number of rotatable bonds is 4. The van der Waals surface area contributed by atoms with Gasteiger partial charge < -0.3 is 5.41 Å². The van der Waals surface area contributed by atoms with Crippen molar-refractivity contribution in [3.63, 3.8) is 0 Å². The molecule has 1 aromatic heterocycles. The maximum atomic E-state index is 10.1. The van der Waals surface area contributed by atoms with E-state index in [1.54, 1.807) is 12.1 Å². The molecule has 0 aromatic carbocycles. The molecule has 0 aliphatic carbocycles. The molecule has 1 heterocycles. The minimum Gasteiger partial charge on any atom is -0.302 e. The summed E-state index contributed by atoms with van der Waals surface area (Å²) in [6, 6.07) is 3.29. The van der Waals surface area contributed by atoms with Crippen LogP contribution in [0.2, 0.25) is 5.15 Å². The summed E-state index contributed by atoms with van der Waals surface area (Å²) in [5, 5.41) is 17.8. The molecule has 0 amide bonds. The van der Waals surface area contributed by atoms with Gasteiger partial charge in [-0.1, -0.05) is 17.7 Å². The van der Waals surface area contributed by atoms with Gasteiger partial charge in [0.05, 0.1) is 5.71 Å². The van der Waals surface area contributed by atoms with E-state index in [1.807, 2.05) is 0 Å². The fraction of sp³-hybridized carbons (Fsp3) is 0.250. The quantitative estimate of drug-likeness (QED) is 0.357. The van der Waals surface area contributed by atoms with E-state index in [-0.39, 0.29) is 12.1 Å². The molecule has 0 aliphatic rings. The lowest BCUT2D eigenvalue weighted by molar-refractivity contribution is -0.463. The van der Waals surface area contributed by atoms with Crippen LogP contribution in [0, 0.1) is 15.5 Å². The number of nitrogens with one attached hydrogen (secondary N) is 1. The Kier molecular flexibility index (Phi) is 3.53. The Labute approximate surface area is 85.4 Å². The lowest BCUT2D eigenvalue weighted by Gasteiger charge is -1.99. The molecule has 0 fully saturated rings. The molecule has 74 valence electrons. The fourth-order valence-corrected chi connectivity index (χ4v) is 1.08. The van der Waals surface area contributed by atoms with Crippen LogP contribution in [0.4, 0.5) is 0 Å². The molecule has 1 aromatic rings. The van der Waals surface area contributed by atoms with Crippen molar-refractivity contribution in [1.82, 2.24) is 4.98 Å². The average Bonchev–Trinajstić information content (AvgIpc) is 2.07. The Balaban J connectivity index is 2.56. The van der Waals surface area contributed by atoms with E-state index in [0.717, 1.165) is 5.56 Å². The van der Waals surface area contributed by atoms with Crippen molar-refractivity contribution in [1.29, 1.82) is 5.41 Å². The second-order valence-corrected chi connectivity index (χ2v) is 3.15. The number of halogens is 1. The van der Waals surface area contributed by atoms with Gasteiger partial charge in [0.2, 0.25) is 6.54 Å². The molecule has 0 radical (unpaired) electrons. The number of aromatic nitrogens is 1. The van der Waals surface area contributed by atoms with Gasteiger partial charge >= 0.3 is 0 Å². The van der Waals surface area contributed by atoms with Crippen LogP contribution in [0.15, 0.2) is 18.3 Å². The van der Waals surface area contributed by atoms with Crippen molar-refractivity contribution in [3.8, 4) is 0 Å². The molecule has 0 bridgehead atoms. The largest absolute Gasteiger partial charge is 0.302 e. The molecule has 5 nitrogen and oxygen atoms in total. The van der Waals surface area contributed by atoms with Crippen molar-refractivity contribution in [3.05, 3.63) is 39.2 Å². The van der Waals surface area contributed by atoms with Crippen molar-refractivity contribution < 1.29 is 4.92 Å². The Morgan fingerprint density at radius 1 is 1.64 bits per heavy atom. The first kappa shape index (κ1) is 10.6. The number of nitrogens with zero attached hydrogens (tertiary/aromatic N) is 2. The van der Waals surface area contributed by atoms with Crippen molar-refractivity contribution in [2.24, 2.45) is 0 Å². The van der Waals surface area contributed by atoms with E-state index in [4.69, 9.17) is 17.0 Å². The third-order valence-electron chi connectivity index (χ3n) is 1.53. The molecular weight excluding hydrogens is 206 g/mol. The second-order valence-electron chi connectivity index (χ2n) is 2.76. The van der Waals surface area contributed by atoms with Crippen molar-refractivity contribution in [2.45, 2.75) is 6.42 Å². The summed E-state index contributed by atoms with van der Waals surface area (Å²) in [6.07, 6.45) is 1.75.